The van der Waals surface area contributed by atoms with Crippen molar-refractivity contribution in [3.05, 3.63) is 89.5 Å². The molecule has 210 valence electrons. The molecule has 1 aliphatic carbocycles. The van der Waals surface area contributed by atoms with Crippen LogP contribution in [0.4, 0.5) is 4.79 Å². The smallest absolute Gasteiger partial charge is 0.357 e. The van der Waals surface area contributed by atoms with Crippen molar-refractivity contribution in [1.29, 1.82) is 0 Å². The van der Waals surface area contributed by atoms with Crippen LogP contribution in [0, 0.1) is 5.92 Å². The van der Waals surface area contributed by atoms with E-state index in [0.29, 0.717) is 5.75 Å². The van der Waals surface area contributed by atoms with E-state index in [4.69, 9.17) is 4.74 Å². The van der Waals surface area contributed by atoms with E-state index in [0.717, 1.165) is 53.3 Å². The van der Waals surface area contributed by atoms with Gasteiger partial charge in [-0.3, -0.25) is 4.90 Å². The van der Waals surface area contributed by atoms with Gasteiger partial charge in [0.25, 0.3) is 0 Å². The summed E-state index contributed by atoms with van der Waals surface area (Å²) in [7, 11) is 0. The number of urea groups is 1. The molecule has 0 saturated heterocycles. The molecular formula is C32H36N2O6. The van der Waals surface area contributed by atoms with E-state index in [2.05, 4.69) is 5.32 Å². The molecule has 4 rings (SSSR count). The molecule has 3 aromatic carbocycles. The number of carbonyl (C=O) groups is 3. The van der Waals surface area contributed by atoms with Gasteiger partial charge in [-0.25, -0.2) is 14.4 Å². The number of nitrogens with one attached hydrogen (secondary N) is 1. The number of aryl methyl sites for hydroxylation is 2. The van der Waals surface area contributed by atoms with Gasteiger partial charge in [0, 0.05) is 13.0 Å². The molecule has 0 heterocycles. The summed E-state index contributed by atoms with van der Waals surface area (Å²) in [5.74, 6) is -2.00. The monoisotopic (exact) mass is 544 g/mol. The topological polar surface area (TPSA) is 116 Å². The molecule has 0 aliphatic heterocycles. The summed E-state index contributed by atoms with van der Waals surface area (Å²) in [6.45, 7) is 4.60. The molecule has 0 fully saturated rings. The lowest BCUT2D eigenvalue weighted by Crippen LogP contribution is -2.61. The maximum atomic E-state index is 13.4. The highest BCUT2D eigenvalue weighted by atomic mass is 16.5. The van der Waals surface area contributed by atoms with Crippen molar-refractivity contribution in [2.75, 3.05) is 6.54 Å². The number of ether oxygens (including phenoxy) is 1. The molecular weight excluding hydrogens is 508 g/mol. The highest BCUT2D eigenvalue weighted by Crippen LogP contribution is 2.27. The van der Waals surface area contributed by atoms with Gasteiger partial charge in [-0.1, -0.05) is 74.5 Å². The molecule has 2 unspecified atom stereocenters. The summed E-state index contributed by atoms with van der Waals surface area (Å²) in [4.78, 5) is 39.4. The van der Waals surface area contributed by atoms with Crippen molar-refractivity contribution in [1.82, 2.24) is 10.2 Å². The van der Waals surface area contributed by atoms with Crippen LogP contribution in [0.25, 0.3) is 11.1 Å². The number of amides is 2. The summed E-state index contributed by atoms with van der Waals surface area (Å²) in [6, 6.07) is 21.0. The van der Waals surface area contributed by atoms with Crippen molar-refractivity contribution in [2.24, 2.45) is 5.92 Å². The fourth-order valence-electron chi connectivity index (χ4n) is 4.86. The predicted octanol–water partition coefficient (Wildman–Crippen LogP) is 4.82. The van der Waals surface area contributed by atoms with Gasteiger partial charge in [0.05, 0.1) is 0 Å². The zero-order valence-corrected chi connectivity index (χ0v) is 23.1. The van der Waals surface area contributed by atoms with Crippen molar-refractivity contribution in [3.63, 3.8) is 0 Å². The molecule has 2 amide bonds. The molecule has 0 spiro atoms. The minimum absolute atomic E-state index is 0.0382. The lowest BCUT2D eigenvalue weighted by Gasteiger charge is -2.35. The summed E-state index contributed by atoms with van der Waals surface area (Å²) in [6.07, 6.45) is 3.08. The van der Waals surface area contributed by atoms with Crippen LogP contribution < -0.4 is 10.1 Å². The maximum Gasteiger partial charge on any atom is 0.357 e. The van der Waals surface area contributed by atoms with Gasteiger partial charge in [0.15, 0.2) is 0 Å². The molecule has 8 heteroatoms. The number of nitrogens with zero attached hydrogens (tertiary/aromatic N) is 1. The first-order valence-corrected chi connectivity index (χ1v) is 13.6. The molecule has 3 aromatic rings. The summed E-state index contributed by atoms with van der Waals surface area (Å²) in [5, 5.41) is 22.8. The molecule has 3 N–H and O–H groups in total. The lowest BCUT2D eigenvalue weighted by molar-refractivity contribution is -0.173. The number of aliphatic carboxylic acids is 1. The average molecular weight is 545 g/mol. The SMILES string of the molecule is CC(C)CN(C(=O)NC(Cc1ccc(-c2ccccc2)cc1)C(=O)Oc1ccc2c(c1)CCC2)C(C)(O)C(=O)O. The number of carbonyl (C=O) groups excluding carboxylic acids is 2. The number of carboxylic acids is 1. The van der Waals surface area contributed by atoms with Crippen LogP contribution in [0.5, 0.6) is 5.75 Å². The molecule has 1 aliphatic rings. The summed E-state index contributed by atoms with van der Waals surface area (Å²) < 4.78 is 5.71. The first-order chi connectivity index (χ1) is 19.0. The molecule has 0 bridgehead atoms. The standard InChI is InChI=1S/C32H36N2O6/c1-21(2)20-34(32(3,39)30(36)37)31(38)33-28(29(35)40-27-17-16-24-10-7-11-26(24)19-27)18-22-12-14-25(15-13-22)23-8-5-4-6-9-23/h4-6,8-9,12-17,19,21,28,39H,7,10-11,18,20H2,1-3H3,(H,33,38)(H,36,37). The lowest BCUT2D eigenvalue weighted by atomic mass is 10.0. The third-order valence-electron chi connectivity index (χ3n) is 7.10. The number of fused-ring (bicyclic) bond motifs is 1. The number of benzene rings is 3. The number of hydrogen-bond acceptors (Lipinski definition) is 5. The Bertz CT molecular complexity index is 1350. The minimum atomic E-state index is -2.47. The third-order valence-corrected chi connectivity index (χ3v) is 7.10. The highest BCUT2D eigenvalue weighted by molar-refractivity contribution is 5.88. The Morgan fingerprint density at radius 3 is 2.25 bits per heavy atom. The normalized spacial score (nSPS) is 14.6. The Morgan fingerprint density at radius 2 is 1.60 bits per heavy atom. The van der Waals surface area contributed by atoms with E-state index >= 15 is 0 Å². The third kappa shape index (κ3) is 6.87. The van der Waals surface area contributed by atoms with Crippen molar-refractivity contribution in [3.8, 4) is 16.9 Å². The maximum absolute atomic E-state index is 13.4. The summed E-state index contributed by atoms with van der Waals surface area (Å²) >= 11 is 0. The van der Waals surface area contributed by atoms with E-state index in [-0.39, 0.29) is 18.9 Å². The fraction of sp³-hybridized carbons (Fsp3) is 0.344. The Hall–Kier alpha value is -4.17. The minimum Gasteiger partial charge on any atom is -0.478 e. The van der Waals surface area contributed by atoms with Crippen molar-refractivity contribution >= 4 is 18.0 Å². The van der Waals surface area contributed by atoms with E-state index in [1.54, 1.807) is 19.9 Å². The average Bonchev–Trinajstić information content (AvgIpc) is 3.40. The van der Waals surface area contributed by atoms with E-state index in [1.807, 2.05) is 66.7 Å². The summed E-state index contributed by atoms with van der Waals surface area (Å²) in [5.41, 5.74) is 2.74. The van der Waals surface area contributed by atoms with E-state index in [9.17, 15) is 24.6 Å². The zero-order valence-electron chi connectivity index (χ0n) is 23.1. The van der Waals surface area contributed by atoms with Crippen LogP contribution in [0.1, 0.15) is 43.9 Å². The first-order valence-electron chi connectivity index (χ1n) is 13.6. The van der Waals surface area contributed by atoms with Crippen LogP contribution in [0.2, 0.25) is 0 Å². The number of aliphatic hydroxyl groups is 1. The fourth-order valence-corrected chi connectivity index (χ4v) is 4.86. The van der Waals surface area contributed by atoms with Crippen molar-refractivity contribution < 1.29 is 29.3 Å². The van der Waals surface area contributed by atoms with Crippen LogP contribution in [-0.4, -0.2) is 51.4 Å². The van der Waals surface area contributed by atoms with Gasteiger partial charge in [0.1, 0.15) is 11.8 Å². The van der Waals surface area contributed by atoms with Crippen LogP contribution in [0.3, 0.4) is 0 Å². The van der Waals surface area contributed by atoms with Crippen molar-refractivity contribution in [2.45, 2.75) is 58.2 Å². The van der Waals surface area contributed by atoms with Gasteiger partial charge in [-0.2, -0.15) is 0 Å². The van der Waals surface area contributed by atoms with E-state index in [1.165, 1.54) is 5.56 Å². The largest absolute Gasteiger partial charge is 0.478 e. The quantitative estimate of drug-likeness (QED) is 0.191. The zero-order chi connectivity index (χ0) is 28.9. The van der Waals surface area contributed by atoms with Crippen LogP contribution in [-0.2, 0) is 28.9 Å². The number of carboxylic acid groups (broad SMARTS) is 1. The molecule has 40 heavy (non-hydrogen) atoms. The number of rotatable bonds is 10. The number of esters is 1. The van der Waals surface area contributed by atoms with Gasteiger partial charge < -0.3 is 20.3 Å². The Morgan fingerprint density at radius 1 is 0.950 bits per heavy atom. The van der Waals surface area contributed by atoms with Crippen LogP contribution in [0.15, 0.2) is 72.8 Å². The van der Waals surface area contributed by atoms with Gasteiger partial charge in [0.2, 0.25) is 5.72 Å². The second-order valence-electron chi connectivity index (χ2n) is 10.8. The van der Waals surface area contributed by atoms with Crippen LogP contribution >= 0.6 is 0 Å². The highest BCUT2D eigenvalue weighted by Gasteiger charge is 2.42. The first kappa shape index (κ1) is 28.8. The second-order valence-corrected chi connectivity index (χ2v) is 10.8. The Kier molecular flexibility index (Phi) is 8.90. The van der Waals surface area contributed by atoms with E-state index < -0.39 is 29.7 Å². The molecule has 2 atom stereocenters. The molecule has 0 aromatic heterocycles. The Balaban J connectivity index is 1.58. The molecule has 0 saturated carbocycles. The van der Waals surface area contributed by atoms with Gasteiger partial charge in [-0.15, -0.1) is 0 Å². The van der Waals surface area contributed by atoms with Gasteiger partial charge >= 0.3 is 18.0 Å². The molecule has 8 nitrogen and oxygen atoms in total. The molecule has 0 radical (unpaired) electrons. The second kappa shape index (κ2) is 12.3. The number of hydrogen-bond donors (Lipinski definition) is 3. The Labute approximate surface area is 234 Å². The van der Waals surface area contributed by atoms with Gasteiger partial charge in [-0.05, 0) is 72.1 Å². The predicted molar refractivity (Wildman–Crippen MR) is 152 cm³/mol.